The van der Waals surface area contributed by atoms with Crippen LogP contribution in [0.5, 0.6) is 0 Å². The average molecular weight is 578 g/mol. The molecule has 11 heteroatoms. The number of hydrogen-bond donors (Lipinski definition) is 1. The number of rotatable bonds is 11. The van der Waals surface area contributed by atoms with Gasteiger partial charge in [0.15, 0.2) is 11.6 Å². The van der Waals surface area contributed by atoms with E-state index in [-0.39, 0.29) is 24.7 Å². The maximum absolute atomic E-state index is 14.0. The molecule has 0 fully saturated rings. The number of anilines is 1. The third-order valence-electron chi connectivity index (χ3n) is 5.87. The second-order valence-electron chi connectivity index (χ2n) is 9.35. The molecule has 0 saturated heterocycles. The Morgan fingerprint density at radius 2 is 1.59 bits per heavy atom. The van der Waals surface area contributed by atoms with Crippen LogP contribution in [0.1, 0.15) is 25.0 Å². The highest BCUT2D eigenvalue weighted by Gasteiger charge is 2.33. The molecule has 1 N–H and O–H groups in total. The molecule has 208 valence electrons. The van der Waals surface area contributed by atoms with Crippen LogP contribution in [-0.4, -0.2) is 50.0 Å². The van der Waals surface area contributed by atoms with Crippen molar-refractivity contribution in [3.63, 3.8) is 0 Å². The molecule has 2 amide bonds. The molecule has 3 aromatic rings. The maximum atomic E-state index is 14.0. The predicted molar refractivity (Wildman–Crippen MR) is 148 cm³/mol. The Morgan fingerprint density at radius 1 is 0.949 bits per heavy atom. The van der Waals surface area contributed by atoms with Crippen LogP contribution in [0, 0.1) is 11.6 Å². The van der Waals surface area contributed by atoms with Gasteiger partial charge in [0.2, 0.25) is 21.8 Å². The molecule has 0 unspecified atom stereocenters. The van der Waals surface area contributed by atoms with Gasteiger partial charge in [0.1, 0.15) is 12.6 Å². The molecule has 0 spiro atoms. The molecule has 3 rings (SSSR count). The fourth-order valence-corrected chi connectivity index (χ4v) is 5.04. The first-order chi connectivity index (χ1) is 18.4. The summed E-state index contributed by atoms with van der Waals surface area (Å²) < 4.78 is 53.6. The number of carbonyl (C=O) groups is 2. The summed E-state index contributed by atoms with van der Waals surface area (Å²) in [6.45, 7) is 2.71. The Morgan fingerprint density at radius 3 is 2.18 bits per heavy atom. The quantitative estimate of drug-likeness (QED) is 0.362. The van der Waals surface area contributed by atoms with Crippen molar-refractivity contribution >= 4 is 39.1 Å². The molecule has 0 aromatic heterocycles. The molecular weight excluding hydrogens is 548 g/mol. The van der Waals surface area contributed by atoms with E-state index in [0.29, 0.717) is 21.0 Å². The number of hydrogen-bond acceptors (Lipinski definition) is 4. The van der Waals surface area contributed by atoms with E-state index in [1.54, 1.807) is 50.2 Å². The number of amides is 2. The average Bonchev–Trinajstić information content (AvgIpc) is 2.87. The van der Waals surface area contributed by atoms with Crippen LogP contribution in [-0.2, 0) is 32.6 Å². The summed E-state index contributed by atoms with van der Waals surface area (Å²) in [5, 5.41) is 3.20. The second-order valence-corrected chi connectivity index (χ2v) is 11.7. The van der Waals surface area contributed by atoms with Gasteiger partial charge in [-0.05, 0) is 43.2 Å². The molecule has 0 bridgehead atoms. The van der Waals surface area contributed by atoms with Crippen LogP contribution >= 0.6 is 11.6 Å². The van der Waals surface area contributed by atoms with Crippen LogP contribution in [0.2, 0.25) is 5.02 Å². The molecule has 7 nitrogen and oxygen atoms in total. The third-order valence-corrected chi connectivity index (χ3v) is 7.38. The van der Waals surface area contributed by atoms with Gasteiger partial charge in [0.05, 0.1) is 11.9 Å². The van der Waals surface area contributed by atoms with E-state index in [1.165, 1.54) is 4.90 Å². The molecule has 0 saturated carbocycles. The maximum Gasteiger partial charge on any atom is 0.244 e. The Labute approximate surface area is 232 Å². The predicted octanol–water partition coefficient (Wildman–Crippen LogP) is 4.55. The highest BCUT2D eigenvalue weighted by molar-refractivity contribution is 7.92. The lowest BCUT2D eigenvalue weighted by atomic mass is 10.0. The molecule has 0 radical (unpaired) electrons. The van der Waals surface area contributed by atoms with Gasteiger partial charge in [-0.1, -0.05) is 60.1 Å². The van der Waals surface area contributed by atoms with E-state index in [4.69, 9.17) is 11.6 Å². The van der Waals surface area contributed by atoms with E-state index >= 15 is 0 Å². The number of nitrogens with zero attached hydrogens (tertiary/aromatic N) is 2. The van der Waals surface area contributed by atoms with E-state index in [0.717, 1.165) is 24.0 Å². The van der Waals surface area contributed by atoms with Gasteiger partial charge >= 0.3 is 0 Å². The summed E-state index contributed by atoms with van der Waals surface area (Å²) >= 11 is 6.39. The topological polar surface area (TPSA) is 86.8 Å². The van der Waals surface area contributed by atoms with E-state index in [1.807, 2.05) is 18.2 Å². The number of benzene rings is 3. The van der Waals surface area contributed by atoms with Crippen LogP contribution in [0.4, 0.5) is 14.5 Å². The molecule has 0 heterocycles. The van der Waals surface area contributed by atoms with Gasteiger partial charge in [-0.25, -0.2) is 17.2 Å². The summed E-state index contributed by atoms with van der Waals surface area (Å²) in [6, 6.07) is 17.2. The first-order valence-electron chi connectivity index (χ1n) is 12.2. The van der Waals surface area contributed by atoms with Gasteiger partial charge in [-0.2, -0.15) is 0 Å². The van der Waals surface area contributed by atoms with Crippen LogP contribution in [0.25, 0.3) is 0 Å². The minimum atomic E-state index is -4.11. The van der Waals surface area contributed by atoms with E-state index < -0.39 is 46.1 Å². The highest BCUT2D eigenvalue weighted by Crippen LogP contribution is 2.24. The Kier molecular flexibility index (Phi) is 10.0. The fraction of sp³-hybridized carbons (Fsp3) is 0.286. The van der Waals surface area contributed by atoms with Crippen LogP contribution < -0.4 is 9.62 Å². The van der Waals surface area contributed by atoms with Crippen molar-refractivity contribution in [2.24, 2.45) is 0 Å². The van der Waals surface area contributed by atoms with Gasteiger partial charge in [-0.15, -0.1) is 0 Å². The number of sulfonamides is 1. The Balaban J connectivity index is 2.08. The van der Waals surface area contributed by atoms with Gasteiger partial charge in [0, 0.05) is 30.1 Å². The second kappa shape index (κ2) is 13.0. The summed E-state index contributed by atoms with van der Waals surface area (Å²) in [4.78, 5) is 28.6. The molecule has 3 aromatic carbocycles. The minimum absolute atomic E-state index is 0.100. The first-order valence-corrected chi connectivity index (χ1v) is 14.4. The van der Waals surface area contributed by atoms with Crippen molar-refractivity contribution in [1.29, 1.82) is 0 Å². The van der Waals surface area contributed by atoms with Crippen molar-refractivity contribution in [1.82, 2.24) is 10.2 Å². The molecule has 0 aliphatic heterocycles. The fourth-order valence-electron chi connectivity index (χ4n) is 4.00. The first kappa shape index (κ1) is 30.0. The van der Waals surface area contributed by atoms with Crippen molar-refractivity contribution in [2.45, 2.75) is 38.9 Å². The summed E-state index contributed by atoms with van der Waals surface area (Å²) in [6.07, 6.45) is 0.993. The van der Waals surface area contributed by atoms with Gasteiger partial charge in [0.25, 0.3) is 0 Å². The van der Waals surface area contributed by atoms with Crippen molar-refractivity contribution < 1.29 is 26.8 Å². The lowest BCUT2D eigenvalue weighted by molar-refractivity contribution is -0.140. The number of halogens is 3. The third kappa shape index (κ3) is 8.24. The van der Waals surface area contributed by atoms with Crippen LogP contribution in [0.15, 0.2) is 72.8 Å². The minimum Gasteiger partial charge on any atom is -0.352 e. The lowest BCUT2D eigenvalue weighted by Crippen LogP contribution is -2.54. The summed E-state index contributed by atoms with van der Waals surface area (Å²) in [7, 11) is -4.11. The Hall–Kier alpha value is -3.50. The van der Waals surface area contributed by atoms with E-state index in [2.05, 4.69) is 5.32 Å². The zero-order chi connectivity index (χ0) is 28.7. The van der Waals surface area contributed by atoms with E-state index in [9.17, 15) is 26.8 Å². The summed E-state index contributed by atoms with van der Waals surface area (Å²) in [5.74, 6) is -3.59. The largest absolute Gasteiger partial charge is 0.352 e. The monoisotopic (exact) mass is 577 g/mol. The SMILES string of the molecule is CC(C)NC(=O)[C@@H](Cc1ccccc1)N(Cc1ccccc1Cl)C(=O)CN(c1ccc(F)c(F)c1)S(C)(=O)=O. The molecular formula is C28H30ClF2N3O4S. The zero-order valence-electron chi connectivity index (χ0n) is 21.8. The summed E-state index contributed by atoms with van der Waals surface area (Å²) in [5.41, 5.74) is 1.09. The van der Waals surface area contributed by atoms with Crippen molar-refractivity contribution in [3.05, 3.63) is 101 Å². The number of nitrogens with one attached hydrogen (secondary N) is 1. The lowest BCUT2D eigenvalue weighted by Gasteiger charge is -2.34. The highest BCUT2D eigenvalue weighted by atomic mass is 35.5. The van der Waals surface area contributed by atoms with Gasteiger partial charge < -0.3 is 10.2 Å². The molecule has 1 atom stereocenters. The standard InChI is InChI=1S/C28H30ClF2N3O4S/c1-19(2)32-28(36)26(15-20-9-5-4-6-10-20)33(17-21-11-7-8-12-23(21)29)27(35)18-34(39(3,37)38)22-13-14-24(30)25(31)16-22/h4-14,16,19,26H,15,17-18H2,1-3H3,(H,32,36)/t26-/m1/s1. The van der Waals surface area contributed by atoms with Crippen molar-refractivity contribution in [3.8, 4) is 0 Å². The smallest absolute Gasteiger partial charge is 0.244 e. The van der Waals surface area contributed by atoms with Gasteiger partial charge in [-0.3, -0.25) is 13.9 Å². The Bertz CT molecular complexity index is 1420. The van der Waals surface area contributed by atoms with Crippen LogP contribution in [0.3, 0.4) is 0 Å². The zero-order valence-corrected chi connectivity index (χ0v) is 23.3. The molecule has 0 aliphatic carbocycles. The molecule has 39 heavy (non-hydrogen) atoms. The molecule has 0 aliphatic rings. The number of carbonyl (C=O) groups excluding carboxylic acids is 2. The normalized spacial score (nSPS) is 12.2. The van der Waals surface area contributed by atoms with Crippen molar-refractivity contribution in [2.75, 3.05) is 17.1 Å².